The third kappa shape index (κ3) is 6.14. The number of anilines is 1. The SMILES string of the molecule is Cc1cc(C)cc(OCC(=O)O[C@H](C)C(=O)Nc2ccc(C(N)=O)cc2)c1. The summed E-state index contributed by atoms with van der Waals surface area (Å²) in [5.41, 5.74) is 7.99. The first-order valence-corrected chi connectivity index (χ1v) is 8.36. The molecule has 0 unspecified atom stereocenters. The van der Waals surface area contributed by atoms with Gasteiger partial charge in [-0.2, -0.15) is 0 Å². The second-order valence-electron chi connectivity index (χ2n) is 6.18. The van der Waals surface area contributed by atoms with Crippen molar-refractivity contribution in [2.24, 2.45) is 5.73 Å². The monoisotopic (exact) mass is 370 g/mol. The number of nitrogens with one attached hydrogen (secondary N) is 1. The molecule has 0 spiro atoms. The van der Waals surface area contributed by atoms with Crippen molar-refractivity contribution in [2.75, 3.05) is 11.9 Å². The van der Waals surface area contributed by atoms with Crippen LogP contribution < -0.4 is 15.8 Å². The first kappa shape index (κ1) is 20.0. The van der Waals surface area contributed by atoms with Gasteiger partial charge in [0.1, 0.15) is 5.75 Å². The van der Waals surface area contributed by atoms with Gasteiger partial charge in [0.15, 0.2) is 12.7 Å². The fourth-order valence-electron chi connectivity index (χ4n) is 2.40. The molecule has 0 radical (unpaired) electrons. The Labute approximate surface area is 157 Å². The van der Waals surface area contributed by atoms with Gasteiger partial charge in [-0.3, -0.25) is 9.59 Å². The van der Waals surface area contributed by atoms with Gasteiger partial charge in [0.2, 0.25) is 5.91 Å². The summed E-state index contributed by atoms with van der Waals surface area (Å²) in [5, 5.41) is 2.59. The number of amides is 2. The van der Waals surface area contributed by atoms with E-state index < -0.39 is 23.9 Å². The normalized spacial score (nSPS) is 11.4. The summed E-state index contributed by atoms with van der Waals surface area (Å²) in [5.74, 6) is -1.14. The zero-order valence-corrected chi connectivity index (χ0v) is 15.4. The molecule has 1 atom stereocenters. The van der Waals surface area contributed by atoms with Crippen molar-refractivity contribution in [2.45, 2.75) is 26.9 Å². The molecule has 0 saturated heterocycles. The molecule has 2 aromatic carbocycles. The zero-order valence-electron chi connectivity index (χ0n) is 15.4. The van der Waals surface area contributed by atoms with E-state index in [0.29, 0.717) is 17.0 Å². The first-order chi connectivity index (χ1) is 12.7. The van der Waals surface area contributed by atoms with Crippen LogP contribution in [0.1, 0.15) is 28.4 Å². The smallest absolute Gasteiger partial charge is 0.344 e. The number of primary amides is 1. The van der Waals surface area contributed by atoms with Crippen molar-refractivity contribution in [1.82, 2.24) is 0 Å². The molecular weight excluding hydrogens is 348 g/mol. The van der Waals surface area contributed by atoms with Crippen molar-refractivity contribution >= 4 is 23.5 Å². The quantitative estimate of drug-likeness (QED) is 0.728. The minimum absolute atomic E-state index is 0.298. The second kappa shape index (κ2) is 8.84. The standard InChI is InChI=1S/C20H22N2O5/c1-12-8-13(2)10-17(9-12)26-11-18(23)27-14(3)20(25)22-16-6-4-15(5-7-16)19(21)24/h4-10,14H,11H2,1-3H3,(H2,21,24)(H,22,25)/t14-/m1/s1. The number of esters is 1. The van der Waals surface area contributed by atoms with Gasteiger partial charge in [0.05, 0.1) is 0 Å². The molecule has 0 aliphatic carbocycles. The van der Waals surface area contributed by atoms with Crippen LogP contribution in [0.3, 0.4) is 0 Å². The predicted molar refractivity (Wildman–Crippen MR) is 101 cm³/mol. The van der Waals surface area contributed by atoms with Crippen molar-refractivity contribution < 1.29 is 23.9 Å². The molecule has 0 aliphatic rings. The van der Waals surface area contributed by atoms with Gasteiger partial charge in [-0.1, -0.05) is 6.07 Å². The molecule has 7 heteroatoms. The summed E-state index contributed by atoms with van der Waals surface area (Å²) in [6, 6.07) is 11.7. The number of hydrogen-bond acceptors (Lipinski definition) is 5. The third-order valence-corrected chi connectivity index (χ3v) is 3.67. The zero-order chi connectivity index (χ0) is 20.0. The van der Waals surface area contributed by atoms with Crippen LogP contribution in [0.4, 0.5) is 5.69 Å². The number of carbonyl (C=O) groups is 3. The van der Waals surface area contributed by atoms with Crippen molar-refractivity contribution in [1.29, 1.82) is 0 Å². The minimum atomic E-state index is -1.00. The average molecular weight is 370 g/mol. The predicted octanol–water partition coefficient (Wildman–Crippen LogP) is 2.35. The number of rotatable bonds is 7. The third-order valence-electron chi connectivity index (χ3n) is 3.67. The Kier molecular flexibility index (Phi) is 6.54. The molecular formula is C20H22N2O5. The van der Waals surface area contributed by atoms with Crippen molar-refractivity contribution in [3.8, 4) is 5.75 Å². The van der Waals surface area contributed by atoms with Gasteiger partial charge in [-0.05, 0) is 68.3 Å². The van der Waals surface area contributed by atoms with E-state index in [-0.39, 0.29) is 6.61 Å². The van der Waals surface area contributed by atoms with E-state index in [4.69, 9.17) is 15.2 Å². The Morgan fingerprint density at radius 3 is 2.19 bits per heavy atom. The van der Waals surface area contributed by atoms with Crippen LogP contribution in [0.15, 0.2) is 42.5 Å². The summed E-state index contributed by atoms with van der Waals surface area (Å²) >= 11 is 0. The summed E-state index contributed by atoms with van der Waals surface area (Å²) in [7, 11) is 0. The Bertz CT molecular complexity index is 826. The maximum absolute atomic E-state index is 12.1. The molecule has 0 saturated carbocycles. The van der Waals surface area contributed by atoms with Crippen LogP contribution in [0, 0.1) is 13.8 Å². The number of aryl methyl sites for hydroxylation is 2. The van der Waals surface area contributed by atoms with E-state index in [1.54, 1.807) is 0 Å². The maximum Gasteiger partial charge on any atom is 0.344 e. The topological polar surface area (TPSA) is 108 Å². The molecule has 0 aliphatic heterocycles. The van der Waals surface area contributed by atoms with Gasteiger partial charge in [0, 0.05) is 11.3 Å². The van der Waals surface area contributed by atoms with Crippen LogP contribution in [0.25, 0.3) is 0 Å². The van der Waals surface area contributed by atoms with Gasteiger partial charge >= 0.3 is 5.97 Å². The first-order valence-electron chi connectivity index (χ1n) is 8.36. The van der Waals surface area contributed by atoms with Crippen LogP contribution in [0.2, 0.25) is 0 Å². The Balaban J connectivity index is 1.84. The molecule has 3 N–H and O–H groups in total. The molecule has 0 aromatic heterocycles. The molecule has 142 valence electrons. The lowest BCUT2D eigenvalue weighted by atomic mass is 10.1. The number of ether oxygens (including phenoxy) is 2. The summed E-state index contributed by atoms with van der Waals surface area (Å²) in [6.07, 6.45) is -1.00. The average Bonchev–Trinajstić information content (AvgIpc) is 2.59. The summed E-state index contributed by atoms with van der Waals surface area (Å²) < 4.78 is 10.5. The minimum Gasteiger partial charge on any atom is -0.482 e. The molecule has 0 bridgehead atoms. The number of nitrogens with two attached hydrogens (primary N) is 1. The van der Waals surface area contributed by atoms with E-state index in [1.165, 1.54) is 31.2 Å². The molecule has 7 nitrogen and oxygen atoms in total. The van der Waals surface area contributed by atoms with E-state index in [2.05, 4.69) is 5.32 Å². The number of hydrogen-bond donors (Lipinski definition) is 2. The lowest BCUT2D eigenvalue weighted by molar-refractivity contribution is -0.155. The molecule has 2 amide bonds. The summed E-state index contributed by atoms with van der Waals surface area (Å²) in [4.78, 5) is 35.0. The Hall–Kier alpha value is -3.35. The molecule has 2 rings (SSSR count). The van der Waals surface area contributed by atoms with E-state index in [0.717, 1.165) is 11.1 Å². The Morgan fingerprint density at radius 1 is 1.04 bits per heavy atom. The highest BCUT2D eigenvalue weighted by molar-refractivity contribution is 5.96. The van der Waals surface area contributed by atoms with Gasteiger partial charge < -0.3 is 20.5 Å². The van der Waals surface area contributed by atoms with Crippen molar-refractivity contribution in [3.05, 3.63) is 59.2 Å². The molecule has 0 fully saturated rings. The fourth-order valence-corrected chi connectivity index (χ4v) is 2.40. The van der Waals surface area contributed by atoms with E-state index >= 15 is 0 Å². The van der Waals surface area contributed by atoms with Gasteiger partial charge in [-0.25, -0.2) is 4.79 Å². The van der Waals surface area contributed by atoms with Gasteiger partial charge in [0.25, 0.3) is 5.91 Å². The highest BCUT2D eigenvalue weighted by Crippen LogP contribution is 2.16. The van der Waals surface area contributed by atoms with Gasteiger partial charge in [-0.15, -0.1) is 0 Å². The van der Waals surface area contributed by atoms with Crippen LogP contribution >= 0.6 is 0 Å². The highest BCUT2D eigenvalue weighted by Gasteiger charge is 2.18. The molecule has 27 heavy (non-hydrogen) atoms. The lowest BCUT2D eigenvalue weighted by Gasteiger charge is -2.14. The molecule has 0 heterocycles. The van der Waals surface area contributed by atoms with Crippen LogP contribution in [-0.2, 0) is 14.3 Å². The Morgan fingerprint density at radius 2 is 1.63 bits per heavy atom. The highest BCUT2D eigenvalue weighted by atomic mass is 16.6. The second-order valence-corrected chi connectivity index (χ2v) is 6.18. The lowest BCUT2D eigenvalue weighted by Crippen LogP contribution is -2.31. The van der Waals surface area contributed by atoms with E-state index in [9.17, 15) is 14.4 Å². The maximum atomic E-state index is 12.1. The van der Waals surface area contributed by atoms with Crippen LogP contribution in [0.5, 0.6) is 5.75 Å². The fraction of sp³-hybridized carbons (Fsp3) is 0.250. The van der Waals surface area contributed by atoms with Crippen molar-refractivity contribution in [3.63, 3.8) is 0 Å². The molecule has 2 aromatic rings. The number of carbonyl (C=O) groups excluding carboxylic acids is 3. The largest absolute Gasteiger partial charge is 0.482 e. The number of benzene rings is 2. The summed E-state index contributed by atoms with van der Waals surface area (Å²) in [6.45, 7) is 5.02. The van der Waals surface area contributed by atoms with E-state index in [1.807, 2.05) is 32.0 Å². The van der Waals surface area contributed by atoms with Crippen LogP contribution in [-0.4, -0.2) is 30.5 Å².